The fourth-order valence-electron chi connectivity index (χ4n) is 3.85. The van der Waals surface area contributed by atoms with E-state index < -0.39 is 10.0 Å². The van der Waals surface area contributed by atoms with Gasteiger partial charge < -0.3 is 9.47 Å². The zero-order chi connectivity index (χ0) is 16.3. The molecule has 6 heteroatoms. The van der Waals surface area contributed by atoms with Gasteiger partial charge in [0.2, 0.25) is 10.0 Å². The second-order valence-electron chi connectivity index (χ2n) is 6.40. The number of nitrogens with zero attached hydrogens (tertiary/aromatic N) is 1. The largest absolute Gasteiger partial charge is 0.385 e. The number of benzene rings is 1. The first kappa shape index (κ1) is 16.9. The highest BCUT2D eigenvalue weighted by Crippen LogP contribution is 2.43. The maximum Gasteiger partial charge on any atom is 0.243 e. The van der Waals surface area contributed by atoms with Gasteiger partial charge in [-0.1, -0.05) is 18.2 Å². The third-order valence-electron chi connectivity index (χ3n) is 5.22. The molecular formula is C17H25NO4S. The van der Waals surface area contributed by atoms with Crippen LogP contribution in [-0.2, 0) is 19.5 Å². The topological polar surface area (TPSA) is 55.8 Å². The zero-order valence-corrected chi connectivity index (χ0v) is 14.4. The molecule has 2 saturated heterocycles. The molecule has 0 bridgehead atoms. The van der Waals surface area contributed by atoms with Crippen LogP contribution < -0.4 is 0 Å². The quantitative estimate of drug-likeness (QED) is 0.826. The first-order chi connectivity index (χ1) is 11.1. The molecule has 128 valence electrons. The van der Waals surface area contributed by atoms with Crippen LogP contribution in [0.2, 0.25) is 0 Å². The molecule has 1 spiro atoms. The van der Waals surface area contributed by atoms with Gasteiger partial charge in [0.15, 0.2) is 0 Å². The van der Waals surface area contributed by atoms with Crippen molar-refractivity contribution >= 4 is 10.0 Å². The number of hydrogen-bond acceptors (Lipinski definition) is 4. The molecule has 1 atom stereocenters. The van der Waals surface area contributed by atoms with Crippen LogP contribution in [0, 0.1) is 5.92 Å². The fraction of sp³-hybridized carbons (Fsp3) is 0.647. The average molecular weight is 339 g/mol. The van der Waals surface area contributed by atoms with Crippen LogP contribution >= 0.6 is 0 Å². The molecule has 0 amide bonds. The monoisotopic (exact) mass is 339 g/mol. The van der Waals surface area contributed by atoms with Crippen molar-refractivity contribution < 1.29 is 17.9 Å². The van der Waals surface area contributed by atoms with E-state index in [1.54, 1.807) is 35.7 Å². The predicted molar refractivity (Wildman–Crippen MR) is 87.7 cm³/mol. The standard InChI is InChI=1S/C17H25NO4S/c1-21-13-7-15-8-14-22-17(15)9-11-18(12-10-17)23(19,20)16-5-3-2-4-6-16/h2-6,15H,7-14H2,1H3. The Labute approximate surface area is 138 Å². The minimum atomic E-state index is -3.39. The number of piperidine rings is 1. The molecule has 2 fully saturated rings. The molecule has 1 unspecified atom stereocenters. The first-order valence-electron chi connectivity index (χ1n) is 8.27. The van der Waals surface area contributed by atoms with Crippen molar-refractivity contribution in [3.63, 3.8) is 0 Å². The summed E-state index contributed by atoms with van der Waals surface area (Å²) in [5, 5.41) is 0. The number of methoxy groups -OCH3 is 1. The number of ether oxygens (including phenoxy) is 2. The Morgan fingerprint density at radius 2 is 1.96 bits per heavy atom. The van der Waals surface area contributed by atoms with E-state index in [2.05, 4.69) is 0 Å². The summed E-state index contributed by atoms with van der Waals surface area (Å²) < 4.78 is 38.3. The average Bonchev–Trinajstić information content (AvgIpc) is 2.96. The lowest BCUT2D eigenvalue weighted by Crippen LogP contribution is -2.49. The smallest absolute Gasteiger partial charge is 0.243 e. The van der Waals surface area contributed by atoms with Gasteiger partial charge in [-0.2, -0.15) is 4.31 Å². The Morgan fingerprint density at radius 3 is 2.61 bits per heavy atom. The number of sulfonamides is 1. The predicted octanol–water partition coefficient (Wildman–Crippen LogP) is 2.28. The van der Waals surface area contributed by atoms with Crippen molar-refractivity contribution in [3.8, 4) is 0 Å². The van der Waals surface area contributed by atoms with Gasteiger partial charge in [-0.25, -0.2) is 8.42 Å². The molecule has 1 aromatic carbocycles. The summed E-state index contributed by atoms with van der Waals surface area (Å²) in [4.78, 5) is 0.374. The zero-order valence-electron chi connectivity index (χ0n) is 13.6. The molecule has 0 N–H and O–H groups in total. The van der Waals surface area contributed by atoms with Gasteiger partial charge in [-0.05, 0) is 43.7 Å². The lowest BCUT2D eigenvalue weighted by atomic mass is 9.78. The summed E-state index contributed by atoms with van der Waals surface area (Å²) >= 11 is 0. The van der Waals surface area contributed by atoms with E-state index in [1.807, 2.05) is 6.07 Å². The molecule has 0 aromatic heterocycles. The second-order valence-corrected chi connectivity index (χ2v) is 8.34. The maximum atomic E-state index is 12.7. The molecule has 2 aliphatic heterocycles. The third-order valence-corrected chi connectivity index (χ3v) is 7.13. The highest BCUT2D eigenvalue weighted by molar-refractivity contribution is 7.89. The Hall–Kier alpha value is -0.950. The van der Waals surface area contributed by atoms with Gasteiger partial charge in [-0.15, -0.1) is 0 Å². The molecule has 1 aromatic rings. The first-order valence-corrected chi connectivity index (χ1v) is 9.71. The minimum Gasteiger partial charge on any atom is -0.385 e. The van der Waals surface area contributed by atoms with E-state index in [9.17, 15) is 8.42 Å². The molecule has 0 aliphatic carbocycles. The molecule has 0 saturated carbocycles. The van der Waals surface area contributed by atoms with Gasteiger partial charge in [0.25, 0.3) is 0 Å². The van der Waals surface area contributed by atoms with E-state index in [-0.39, 0.29) is 5.60 Å². The molecule has 5 nitrogen and oxygen atoms in total. The van der Waals surface area contributed by atoms with Crippen LogP contribution in [0.5, 0.6) is 0 Å². The van der Waals surface area contributed by atoms with Gasteiger partial charge in [-0.3, -0.25) is 0 Å². The lowest BCUT2D eigenvalue weighted by Gasteiger charge is -2.41. The van der Waals surface area contributed by atoms with Gasteiger partial charge in [0.05, 0.1) is 10.5 Å². The van der Waals surface area contributed by atoms with Crippen molar-refractivity contribution in [2.45, 2.75) is 36.2 Å². The van der Waals surface area contributed by atoms with Crippen molar-refractivity contribution in [1.82, 2.24) is 4.31 Å². The summed E-state index contributed by atoms with van der Waals surface area (Å²) in [7, 11) is -1.67. The molecule has 0 radical (unpaired) electrons. The lowest BCUT2D eigenvalue weighted by molar-refractivity contribution is -0.0603. The van der Waals surface area contributed by atoms with Gasteiger partial charge in [0, 0.05) is 33.4 Å². The number of hydrogen-bond donors (Lipinski definition) is 0. The molecule has 3 rings (SSSR count). The third kappa shape index (κ3) is 3.31. The molecule has 2 aliphatic rings. The minimum absolute atomic E-state index is 0.152. The Kier molecular flexibility index (Phi) is 5.06. The van der Waals surface area contributed by atoms with Crippen molar-refractivity contribution in [1.29, 1.82) is 0 Å². The van der Waals surface area contributed by atoms with Crippen LogP contribution in [0.25, 0.3) is 0 Å². The van der Waals surface area contributed by atoms with Gasteiger partial charge in [0.1, 0.15) is 0 Å². The van der Waals surface area contributed by atoms with Crippen LogP contribution in [-0.4, -0.2) is 51.7 Å². The second kappa shape index (κ2) is 6.89. The van der Waals surface area contributed by atoms with Crippen molar-refractivity contribution in [3.05, 3.63) is 30.3 Å². The van der Waals surface area contributed by atoms with Crippen LogP contribution in [0.15, 0.2) is 35.2 Å². The van der Waals surface area contributed by atoms with Crippen LogP contribution in [0.3, 0.4) is 0 Å². The summed E-state index contributed by atoms with van der Waals surface area (Å²) in [6, 6.07) is 8.68. The molecular weight excluding hydrogens is 314 g/mol. The SMILES string of the molecule is COCCC1CCOC12CCN(S(=O)(=O)c1ccccc1)CC2. The Balaban J connectivity index is 1.68. The van der Waals surface area contributed by atoms with E-state index in [4.69, 9.17) is 9.47 Å². The van der Waals surface area contributed by atoms with E-state index in [0.29, 0.717) is 23.9 Å². The molecule has 2 heterocycles. The van der Waals surface area contributed by atoms with E-state index in [1.165, 1.54) is 0 Å². The fourth-order valence-corrected chi connectivity index (χ4v) is 5.31. The summed E-state index contributed by atoms with van der Waals surface area (Å²) in [5.41, 5.74) is -0.152. The Bertz CT molecular complexity index is 609. The normalized spacial score (nSPS) is 25.0. The van der Waals surface area contributed by atoms with Crippen molar-refractivity contribution in [2.75, 3.05) is 33.4 Å². The highest BCUT2D eigenvalue weighted by Gasteiger charge is 2.47. The summed E-state index contributed by atoms with van der Waals surface area (Å²) in [5.74, 6) is 0.476. The van der Waals surface area contributed by atoms with E-state index in [0.717, 1.165) is 38.9 Å². The summed E-state index contributed by atoms with van der Waals surface area (Å²) in [6.45, 7) is 2.57. The van der Waals surface area contributed by atoms with Gasteiger partial charge >= 0.3 is 0 Å². The van der Waals surface area contributed by atoms with Crippen LogP contribution in [0.1, 0.15) is 25.7 Å². The molecule has 23 heavy (non-hydrogen) atoms. The number of rotatable bonds is 5. The summed E-state index contributed by atoms with van der Waals surface area (Å²) in [6.07, 6.45) is 3.58. The van der Waals surface area contributed by atoms with Crippen LogP contribution in [0.4, 0.5) is 0 Å². The van der Waals surface area contributed by atoms with E-state index >= 15 is 0 Å². The maximum absolute atomic E-state index is 12.7. The Morgan fingerprint density at radius 1 is 1.26 bits per heavy atom. The highest BCUT2D eigenvalue weighted by atomic mass is 32.2. The van der Waals surface area contributed by atoms with Crippen molar-refractivity contribution in [2.24, 2.45) is 5.92 Å².